The van der Waals surface area contributed by atoms with E-state index in [0.29, 0.717) is 6.54 Å². The summed E-state index contributed by atoms with van der Waals surface area (Å²) in [7, 11) is 0. The van der Waals surface area contributed by atoms with E-state index >= 15 is 0 Å². The molecule has 19 heavy (non-hydrogen) atoms. The second kappa shape index (κ2) is 5.12. The van der Waals surface area contributed by atoms with E-state index < -0.39 is 0 Å². The molecule has 3 rings (SSSR count). The predicted molar refractivity (Wildman–Crippen MR) is 75.2 cm³/mol. The molecule has 2 aliphatic heterocycles. The standard InChI is InChI=1S/C15H22N2O2/c1-12-3-2-4-13(11-16)14(12)17-7-5-15(6-8-17)18-9-10-19-15/h2-4H,5-11,16H2,1H3. The van der Waals surface area contributed by atoms with E-state index in [4.69, 9.17) is 15.2 Å². The minimum atomic E-state index is -0.304. The maximum Gasteiger partial charge on any atom is 0.171 e. The Bertz CT molecular complexity index is 445. The maximum absolute atomic E-state index is 5.87. The monoisotopic (exact) mass is 262 g/mol. The summed E-state index contributed by atoms with van der Waals surface area (Å²) >= 11 is 0. The molecule has 0 amide bonds. The molecule has 0 aliphatic carbocycles. The minimum Gasteiger partial charge on any atom is -0.371 e. The van der Waals surface area contributed by atoms with Gasteiger partial charge in [0.05, 0.1) is 13.2 Å². The Labute approximate surface area is 114 Å². The molecule has 104 valence electrons. The van der Waals surface area contributed by atoms with Gasteiger partial charge in [0.2, 0.25) is 0 Å². The Kier molecular flexibility index (Phi) is 3.48. The van der Waals surface area contributed by atoms with Gasteiger partial charge >= 0.3 is 0 Å². The smallest absolute Gasteiger partial charge is 0.171 e. The first-order chi connectivity index (χ1) is 9.24. The van der Waals surface area contributed by atoms with Crippen LogP contribution in [-0.4, -0.2) is 32.1 Å². The number of benzene rings is 1. The van der Waals surface area contributed by atoms with E-state index in [9.17, 15) is 0 Å². The Balaban J connectivity index is 1.78. The Hall–Kier alpha value is -1.10. The first kappa shape index (κ1) is 12.9. The molecule has 2 fully saturated rings. The van der Waals surface area contributed by atoms with Crippen molar-refractivity contribution in [3.8, 4) is 0 Å². The molecule has 2 N–H and O–H groups in total. The van der Waals surface area contributed by atoms with Crippen molar-refractivity contribution in [3.05, 3.63) is 29.3 Å². The summed E-state index contributed by atoms with van der Waals surface area (Å²) in [6, 6.07) is 6.35. The zero-order valence-electron chi connectivity index (χ0n) is 11.5. The molecule has 2 saturated heterocycles. The molecule has 0 aromatic heterocycles. The van der Waals surface area contributed by atoms with Gasteiger partial charge in [-0.25, -0.2) is 0 Å². The number of rotatable bonds is 2. The molecule has 0 unspecified atom stereocenters. The second-order valence-electron chi connectivity index (χ2n) is 5.38. The maximum atomic E-state index is 5.87. The topological polar surface area (TPSA) is 47.7 Å². The quantitative estimate of drug-likeness (QED) is 0.883. The molecule has 0 saturated carbocycles. The normalized spacial score (nSPS) is 22.1. The summed E-state index contributed by atoms with van der Waals surface area (Å²) in [6.07, 6.45) is 1.87. The van der Waals surface area contributed by atoms with Gasteiger partial charge in [-0.15, -0.1) is 0 Å². The lowest BCUT2D eigenvalue weighted by Gasteiger charge is -2.40. The average Bonchev–Trinajstić information content (AvgIpc) is 2.88. The van der Waals surface area contributed by atoms with Crippen LogP contribution in [0.3, 0.4) is 0 Å². The molecule has 0 radical (unpaired) electrons. The van der Waals surface area contributed by atoms with Crippen molar-refractivity contribution >= 4 is 5.69 Å². The third-order valence-electron chi connectivity index (χ3n) is 4.20. The van der Waals surface area contributed by atoms with E-state index in [-0.39, 0.29) is 5.79 Å². The number of hydrogen-bond acceptors (Lipinski definition) is 4. The van der Waals surface area contributed by atoms with Crippen molar-refractivity contribution in [1.82, 2.24) is 0 Å². The molecule has 4 nitrogen and oxygen atoms in total. The second-order valence-corrected chi connectivity index (χ2v) is 5.38. The van der Waals surface area contributed by atoms with E-state index in [2.05, 4.69) is 30.0 Å². The van der Waals surface area contributed by atoms with Gasteiger partial charge in [-0.1, -0.05) is 18.2 Å². The van der Waals surface area contributed by atoms with Crippen LogP contribution >= 0.6 is 0 Å². The number of nitrogens with zero attached hydrogens (tertiary/aromatic N) is 1. The van der Waals surface area contributed by atoms with Gasteiger partial charge in [0.25, 0.3) is 0 Å². The Morgan fingerprint density at radius 1 is 1.21 bits per heavy atom. The highest BCUT2D eigenvalue weighted by atomic mass is 16.7. The van der Waals surface area contributed by atoms with Gasteiger partial charge in [-0.2, -0.15) is 0 Å². The summed E-state index contributed by atoms with van der Waals surface area (Å²) in [5.74, 6) is -0.304. The number of nitrogens with two attached hydrogens (primary N) is 1. The number of ether oxygens (including phenoxy) is 2. The van der Waals surface area contributed by atoms with Crippen LogP contribution in [0.2, 0.25) is 0 Å². The molecule has 2 aliphatic rings. The third kappa shape index (κ3) is 2.36. The summed E-state index contributed by atoms with van der Waals surface area (Å²) in [6.45, 7) is 6.15. The van der Waals surface area contributed by atoms with Crippen molar-refractivity contribution in [2.45, 2.75) is 32.1 Å². The highest BCUT2D eigenvalue weighted by Gasteiger charge is 2.40. The van der Waals surface area contributed by atoms with Crippen molar-refractivity contribution < 1.29 is 9.47 Å². The van der Waals surface area contributed by atoms with E-state index in [1.165, 1.54) is 16.8 Å². The number of piperidine rings is 1. The summed E-state index contributed by atoms with van der Waals surface area (Å²) in [5.41, 5.74) is 9.69. The first-order valence-electron chi connectivity index (χ1n) is 7.05. The van der Waals surface area contributed by atoms with Crippen LogP contribution in [0.1, 0.15) is 24.0 Å². The zero-order valence-corrected chi connectivity index (χ0v) is 11.5. The molecule has 1 aromatic rings. The molecule has 1 aromatic carbocycles. The number of anilines is 1. The largest absolute Gasteiger partial charge is 0.371 e. The first-order valence-corrected chi connectivity index (χ1v) is 7.05. The van der Waals surface area contributed by atoms with Gasteiger partial charge in [-0.3, -0.25) is 0 Å². The third-order valence-corrected chi connectivity index (χ3v) is 4.20. The summed E-state index contributed by atoms with van der Waals surface area (Å²) in [5, 5.41) is 0. The molecule has 4 heteroatoms. The van der Waals surface area contributed by atoms with Crippen LogP contribution in [-0.2, 0) is 16.0 Å². The van der Waals surface area contributed by atoms with Crippen molar-refractivity contribution in [2.24, 2.45) is 5.73 Å². The average molecular weight is 262 g/mol. The van der Waals surface area contributed by atoms with E-state index in [1.54, 1.807) is 0 Å². The van der Waals surface area contributed by atoms with Crippen LogP contribution in [0, 0.1) is 6.92 Å². The van der Waals surface area contributed by atoms with Crippen LogP contribution < -0.4 is 10.6 Å². The molecule has 0 atom stereocenters. The number of aryl methyl sites for hydroxylation is 1. The van der Waals surface area contributed by atoms with Crippen molar-refractivity contribution in [3.63, 3.8) is 0 Å². The Morgan fingerprint density at radius 2 is 1.89 bits per heavy atom. The zero-order chi connectivity index (χ0) is 13.3. The minimum absolute atomic E-state index is 0.304. The molecular formula is C15H22N2O2. The van der Waals surface area contributed by atoms with Crippen LogP contribution in [0.25, 0.3) is 0 Å². The van der Waals surface area contributed by atoms with Gasteiger partial charge < -0.3 is 20.1 Å². The fourth-order valence-corrected chi connectivity index (χ4v) is 3.19. The van der Waals surface area contributed by atoms with Crippen molar-refractivity contribution in [2.75, 3.05) is 31.2 Å². The van der Waals surface area contributed by atoms with Crippen LogP contribution in [0.5, 0.6) is 0 Å². The van der Waals surface area contributed by atoms with Crippen LogP contribution in [0.15, 0.2) is 18.2 Å². The van der Waals surface area contributed by atoms with Gasteiger partial charge in [0, 0.05) is 38.2 Å². The molecule has 2 heterocycles. The van der Waals surface area contributed by atoms with Gasteiger partial charge in [-0.05, 0) is 18.1 Å². The predicted octanol–water partition coefficient (Wildman–Crippen LogP) is 1.80. The van der Waals surface area contributed by atoms with Crippen LogP contribution in [0.4, 0.5) is 5.69 Å². The highest BCUT2D eigenvalue weighted by Crippen LogP contribution is 2.35. The summed E-state index contributed by atoms with van der Waals surface area (Å²) < 4.78 is 11.6. The van der Waals surface area contributed by atoms with Gasteiger partial charge in [0.15, 0.2) is 5.79 Å². The van der Waals surface area contributed by atoms with Crippen molar-refractivity contribution in [1.29, 1.82) is 0 Å². The van der Waals surface area contributed by atoms with E-state index in [0.717, 1.165) is 39.1 Å². The van der Waals surface area contributed by atoms with E-state index in [1.807, 2.05) is 0 Å². The highest BCUT2D eigenvalue weighted by molar-refractivity contribution is 5.59. The fourth-order valence-electron chi connectivity index (χ4n) is 3.19. The molecule has 0 bridgehead atoms. The number of para-hydroxylation sites is 1. The molecule has 1 spiro atoms. The fraction of sp³-hybridized carbons (Fsp3) is 0.600. The summed E-state index contributed by atoms with van der Waals surface area (Å²) in [4.78, 5) is 2.42. The lowest BCUT2D eigenvalue weighted by Crippen LogP contribution is -2.45. The lowest BCUT2D eigenvalue weighted by molar-refractivity contribution is -0.169. The lowest BCUT2D eigenvalue weighted by atomic mass is 10.00. The SMILES string of the molecule is Cc1cccc(CN)c1N1CCC2(CC1)OCCO2. The van der Waals surface area contributed by atoms with Gasteiger partial charge in [0.1, 0.15) is 0 Å². The molecular weight excluding hydrogens is 240 g/mol. The Morgan fingerprint density at radius 3 is 2.53 bits per heavy atom. The number of hydrogen-bond donors (Lipinski definition) is 1.